The number of hydrogen-bond donors (Lipinski definition) is 0. The van der Waals surface area contributed by atoms with Crippen molar-refractivity contribution in [3.63, 3.8) is 0 Å². The highest BCUT2D eigenvalue weighted by molar-refractivity contribution is 5.92. The van der Waals surface area contributed by atoms with E-state index in [-0.39, 0.29) is 11.7 Å². The molecule has 0 N–H and O–H groups in total. The zero-order valence-corrected chi connectivity index (χ0v) is 14.8. The lowest BCUT2D eigenvalue weighted by atomic mass is 10.0. The number of benzene rings is 1. The van der Waals surface area contributed by atoms with Crippen LogP contribution in [-0.4, -0.2) is 33.4 Å². The predicted octanol–water partition coefficient (Wildman–Crippen LogP) is 3.71. The maximum Gasteiger partial charge on any atom is 0.276 e. The second kappa shape index (κ2) is 7.15. The molecule has 0 spiro atoms. The van der Waals surface area contributed by atoms with Gasteiger partial charge < -0.3 is 9.64 Å². The van der Waals surface area contributed by atoms with E-state index < -0.39 is 11.7 Å². The van der Waals surface area contributed by atoms with Crippen molar-refractivity contribution < 1.29 is 13.9 Å². The van der Waals surface area contributed by atoms with Gasteiger partial charge in [0.25, 0.3) is 5.91 Å². The summed E-state index contributed by atoms with van der Waals surface area (Å²) in [6.07, 6.45) is 4.93. The number of aromatic nitrogens is 2. The number of carbonyl (C=O) groups excluding carboxylic acids is 1. The molecule has 1 aliphatic rings. The molecule has 2 aromatic heterocycles. The van der Waals surface area contributed by atoms with Gasteiger partial charge in [0, 0.05) is 29.7 Å². The van der Waals surface area contributed by atoms with Crippen LogP contribution in [0.1, 0.15) is 23.0 Å². The molecule has 6 heteroatoms. The van der Waals surface area contributed by atoms with Crippen LogP contribution in [0.4, 0.5) is 4.39 Å². The van der Waals surface area contributed by atoms with Crippen LogP contribution in [0.15, 0.2) is 61.1 Å². The molecule has 0 radical (unpaired) electrons. The first-order valence-electron chi connectivity index (χ1n) is 8.71. The van der Waals surface area contributed by atoms with Crippen LogP contribution in [0, 0.1) is 5.82 Å². The fraction of sp³-hybridized carbons (Fsp3) is 0.190. The van der Waals surface area contributed by atoms with E-state index in [1.807, 2.05) is 37.3 Å². The lowest BCUT2D eigenvalue weighted by Crippen LogP contribution is -2.40. The fourth-order valence-electron chi connectivity index (χ4n) is 3.15. The maximum atomic E-state index is 14.1. The number of pyridine rings is 2. The van der Waals surface area contributed by atoms with Crippen molar-refractivity contribution in [1.29, 1.82) is 0 Å². The van der Waals surface area contributed by atoms with Gasteiger partial charge in [-0.05, 0) is 42.8 Å². The number of fused-ring (bicyclic) bond motifs is 1. The van der Waals surface area contributed by atoms with E-state index in [1.54, 1.807) is 17.3 Å². The van der Waals surface area contributed by atoms with Gasteiger partial charge in [-0.2, -0.15) is 0 Å². The second-order valence-corrected chi connectivity index (χ2v) is 6.49. The number of carbonyl (C=O) groups is 1. The van der Waals surface area contributed by atoms with Gasteiger partial charge in [-0.1, -0.05) is 12.1 Å². The summed E-state index contributed by atoms with van der Waals surface area (Å²) < 4.78 is 19.9. The van der Waals surface area contributed by atoms with Crippen LogP contribution in [0.25, 0.3) is 11.1 Å². The lowest BCUT2D eigenvalue weighted by molar-refractivity contribution is 0.0634. The predicted molar refractivity (Wildman–Crippen MR) is 98.7 cm³/mol. The van der Waals surface area contributed by atoms with E-state index in [2.05, 4.69) is 9.97 Å². The van der Waals surface area contributed by atoms with Gasteiger partial charge >= 0.3 is 0 Å². The molecule has 3 aromatic rings. The minimum absolute atomic E-state index is 0.170. The van der Waals surface area contributed by atoms with Gasteiger partial charge in [-0.3, -0.25) is 9.78 Å². The summed E-state index contributed by atoms with van der Waals surface area (Å²) in [6, 6.07) is 12.2. The first-order chi connectivity index (χ1) is 13.1. The third-order valence-corrected chi connectivity index (χ3v) is 4.63. The fourth-order valence-corrected chi connectivity index (χ4v) is 3.15. The normalized spacial score (nSPS) is 16.2. The van der Waals surface area contributed by atoms with Gasteiger partial charge in [0.15, 0.2) is 11.5 Å². The molecule has 3 heterocycles. The van der Waals surface area contributed by atoms with Gasteiger partial charge in [0.05, 0.1) is 12.6 Å². The van der Waals surface area contributed by atoms with Crippen LogP contribution < -0.4 is 4.74 Å². The Kier molecular flexibility index (Phi) is 4.54. The third kappa shape index (κ3) is 3.38. The van der Waals surface area contributed by atoms with E-state index in [0.29, 0.717) is 13.2 Å². The van der Waals surface area contributed by atoms with Crippen LogP contribution in [-0.2, 0) is 6.54 Å². The molecular formula is C21H18FN3O2. The first kappa shape index (κ1) is 17.1. The number of ether oxygens (including phenoxy) is 1. The molecule has 1 atom stereocenters. The number of rotatable bonds is 2. The lowest BCUT2D eigenvalue weighted by Gasteiger charge is -2.26. The van der Waals surface area contributed by atoms with Gasteiger partial charge in [-0.25, -0.2) is 9.37 Å². The highest BCUT2D eigenvalue weighted by Gasteiger charge is 2.29. The molecule has 1 aromatic carbocycles. The second-order valence-electron chi connectivity index (χ2n) is 6.49. The molecule has 0 bridgehead atoms. The van der Waals surface area contributed by atoms with E-state index >= 15 is 0 Å². The van der Waals surface area contributed by atoms with Gasteiger partial charge in [0.2, 0.25) is 0 Å². The highest BCUT2D eigenvalue weighted by Crippen LogP contribution is 2.30. The number of nitrogens with zero attached hydrogens (tertiary/aromatic N) is 3. The summed E-state index contributed by atoms with van der Waals surface area (Å²) in [5.41, 5.74) is 2.66. The average molecular weight is 363 g/mol. The van der Waals surface area contributed by atoms with Crippen molar-refractivity contribution in [2.45, 2.75) is 19.5 Å². The molecule has 0 saturated carbocycles. The summed E-state index contributed by atoms with van der Waals surface area (Å²) in [5.74, 6) is -0.334. The number of halogens is 1. The molecule has 0 fully saturated rings. The Labute approximate surface area is 156 Å². The minimum Gasteiger partial charge on any atom is -0.491 e. The minimum atomic E-state index is -0.621. The molecule has 136 valence electrons. The van der Waals surface area contributed by atoms with E-state index in [1.165, 1.54) is 18.3 Å². The summed E-state index contributed by atoms with van der Waals surface area (Å²) >= 11 is 0. The Hall–Kier alpha value is -3.28. The van der Waals surface area contributed by atoms with Crippen LogP contribution >= 0.6 is 0 Å². The Bertz CT molecular complexity index is 978. The SMILES string of the molecule is C[C@H]1COc2ccc(-c3cccnc3)cc2CN1C(=O)c1ncccc1F. The monoisotopic (exact) mass is 363 g/mol. The van der Waals surface area contributed by atoms with Crippen LogP contribution in [0.3, 0.4) is 0 Å². The first-order valence-corrected chi connectivity index (χ1v) is 8.71. The third-order valence-electron chi connectivity index (χ3n) is 4.63. The molecule has 1 aliphatic heterocycles. The zero-order valence-electron chi connectivity index (χ0n) is 14.8. The summed E-state index contributed by atoms with van der Waals surface area (Å²) in [7, 11) is 0. The average Bonchev–Trinajstić information content (AvgIpc) is 2.87. The number of hydrogen-bond acceptors (Lipinski definition) is 4. The van der Waals surface area contributed by atoms with Crippen molar-refractivity contribution >= 4 is 5.91 Å². The van der Waals surface area contributed by atoms with E-state index in [0.717, 1.165) is 22.4 Å². The Balaban J connectivity index is 1.69. The van der Waals surface area contributed by atoms with Crippen LogP contribution in [0.2, 0.25) is 0 Å². The summed E-state index contributed by atoms with van der Waals surface area (Å²) in [4.78, 5) is 22.6. The standard InChI is InChI=1S/C21H18FN3O2/c1-14-13-27-19-7-6-15(16-4-2-8-23-11-16)10-17(19)12-25(14)21(26)20-18(22)5-3-9-24-20/h2-11,14H,12-13H2,1H3/t14-/m0/s1. The molecule has 1 amide bonds. The van der Waals surface area contributed by atoms with Gasteiger partial charge in [0.1, 0.15) is 12.4 Å². The van der Waals surface area contributed by atoms with Crippen LogP contribution in [0.5, 0.6) is 5.75 Å². The highest BCUT2D eigenvalue weighted by atomic mass is 19.1. The topological polar surface area (TPSA) is 55.3 Å². The molecule has 0 aliphatic carbocycles. The van der Waals surface area contributed by atoms with Gasteiger partial charge in [-0.15, -0.1) is 0 Å². The van der Waals surface area contributed by atoms with Crippen molar-refractivity contribution in [3.8, 4) is 16.9 Å². The summed E-state index contributed by atoms with van der Waals surface area (Å²) in [5, 5.41) is 0. The molecule has 27 heavy (non-hydrogen) atoms. The molecule has 0 unspecified atom stereocenters. The quantitative estimate of drug-likeness (QED) is 0.697. The number of amides is 1. The smallest absolute Gasteiger partial charge is 0.276 e. The van der Waals surface area contributed by atoms with E-state index in [9.17, 15) is 9.18 Å². The molecule has 5 nitrogen and oxygen atoms in total. The van der Waals surface area contributed by atoms with Crippen molar-refractivity contribution in [3.05, 3.63) is 78.1 Å². The Morgan fingerprint density at radius 3 is 2.81 bits per heavy atom. The molecule has 0 saturated heterocycles. The zero-order chi connectivity index (χ0) is 18.8. The molecular weight excluding hydrogens is 345 g/mol. The van der Waals surface area contributed by atoms with Crippen molar-refractivity contribution in [2.75, 3.05) is 6.61 Å². The van der Waals surface area contributed by atoms with E-state index in [4.69, 9.17) is 4.74 Å². The Morgan fingerprint density at radius 1 is 1.19 bits per heavy atom. The Morgan fingerprint density at radius 2 is 2.04 bits per heavy atom. The van der Waals surface area contributed by atoms with Crippen molar-refractivity contribution in [2.24, 2.45) is 0 Å². The summed E-state index contributed by atoms with van der Waals surface area (Å²) in [6.45, 7) is 2.53. The van der Waals surface area contributed by atoms with Crippen molar-refractivity contribution in [1.82, 2.24) is 14.9 Å². The maximum absolute atomic E-state index is 14.1. The largest absolute Gasteiger partial charge is 0.491 e. The molecule has 4 rings (SSSR count).